The Hall–Kier alpha value is -4.69. The van der Waals surface area contributed by atoms with Gasteiger partial charge in [0, 0.05) is 37.1 Å². The standard InChI is InChI=1S/C30H26N6OS/c1-35(2)26-19-18-22(27(37)20-26)21-31-34-30-36(25-16-10-5-11-17-25)28(32-23-12-6-3-7-13-23)29(38-30)33-24-14-8-4-9-15-24/h3-21,37H,1-2H3. The van der Waals surface area contributed by atoms with E-state index in [2.05, 4.69) is 10.2 Å². The SMILES string of the molecule is CN(C)c1ccc(C=NN=C2SC(=Nc3ccccc3)C(=Nc3ccccc3)N2c2ccccc2)c(O)c1. The van der Waals surface area contributed by atoms with Crippen LogP contribution >= 0.6 is 11.8 Å². The Labute approximate surface area is 226 Å². The first kappa shape index (κ1) is 25.0. The van der Waals surface area contributed by atoms with Crippen LogP contribution < -0.4 is 9.80 Å². The Morgan fingerprint density at radius 3 is 1.97 bits per heavy atom. The summed E-state index contributed by atoms with van der Waals surface area (Å²) >= 11 is 1.39. The van der Waals surface area contributed by atoms with Gasteiger partial charge in [-0.2, -0.15) is 5.10 Å². The first-order chi connectivity index (χ1) is 18.6. The fourth-order valence-corrected chi connectivity index (χ4v) is 4.64. The molecule has 0 spiro atoms. The molecule has 4 aromatic rings. The molecule has 1 heterocycles. The van der Waals surface area contributed by atoms with Crippen LogP contribution in [0, 0.1) is 0 Å². The predicted molar refractivity (Wildman–Crippen MR) is 161 cm³/mol. The molecular weight excluding hydrogens is 492 g/mol. The van der Waals surface area contributed by atoms with E-state index >= 15 is 0 Å². The highest BCUT2D eigenvalue weighted by atomic mass is 32.2. The number of nitrogens with zero attached hydrogens (tertiary/aromatic N) is 6. The Balaban J connectivity index is 1.58. The number of aromatic hydroxyl groups is 1. The van der Waals surface area contributed by atoms with Crippen molar-refractivity contribution in [3.8, 4) is 5.75 Å². The quantitative estimate of drug-likeness (QED) is 0.223. The fraction of sp³-hybridized carbons (Fsp3) is 0.0667. The lowest BCUT2D eigenvalue weighted by Crippen LogP contribution is -2.30. The fourth-order valence-electron chi connectivity index (χ4n) is 3.71. The van der Waals surface area contributed by atoms with Crippen LogP contribution in [0.3, 0.4) is 0 Å². The molecule has 1 saturated heterocycles. The van der Waals surface area contributed by atoms with Crippen molar-refractivity contribution in [2.75, 3.05) is 23.9 Å². The summed E-state index contributed by atoms with van der Waals surface area (Å²) in [5, 5.41) is 20.6. The summed E-state index contributed by atoms with van der Waals surface area (Å²) in [6, 6.07) is 34.9. The van der Waals surface area contributed by atoms with Crippen LogP contribution in [0.5, 0.6) is 5.75 Å². The molecule has 5 rings (SSSR count). The summed E-state index contributed by atoms with van der Waals surface area (Å²) in [6.07, 6.45) is 1.55. The molecule has 0 unspecified atom stereocenters. The third-order valence-electron chi connectivity index (χ3n) is 5.65. The van der Waals surface area contributed by atoms with Crippen molar-refractivity contribution in [3.63, 3.8) is 0 Å². The van der Waals surface area contributed by atoms with E-state index in [0.29, 0.717) is 21.6 Å². The van der Waals surface area contributed by atoms with E-state index in [1.807, 2.05) is 127 Å². The van der Waals surface area contributed by atoms with Crippen molar-refractivity contribution in [2.24, 2.45) is 20.2 Å². The summed E-state index contributed by atoms with van der Waals surface area (Å²) in [5.41, 5.74) is 3.99. The number of benzene rings is 4. The first-order valence-corrected chi connectivity index (χ1v) is 12.8. The molecule has 1 aliphatic heterocycles. The average Bonchev–Trinajstić information content (AvgIpc) is 3.27. The second-order valence-corrected chi connectivity index (χ2v) is 9.52. The van der Waals surface area contributed by atoms with E-state index in [9.17, 15) is 5.11 Å². The third-order valence-corrected chi connectivity index (χ3v) is 6.56. The Morgan fingerprint density at radius 1 is 0.763 bits per heavy atom. The largest absolute Gasteiger partial charge is 0.507 e. The van der Waals surface area contributed by atoms with Crippen molar-refractivity contribution in [1.82, 2.24) is 0 Å². The highest BCUT2D eigenvalue weighted by Gasteiger charge is 2.34. The van der Waals surface area contributed by atoms with E-state index in [1.165, 1.54) is 11.8 Å². The maximum Gasteiger partial charge on any atom is 0.202 e. The van der Waals surface area contributed by atoms with Gasteiger partial charge in [0.1, 0.15) is 10.8 Å². The predicted octanol–water partition coefficient (Wildman–Crippen LogP) is 6.86. The molecule has 7 nitrogen and oxygen atoms in total. The van der Waals surface area contributed by atoms with Gasteiger partial charge in [-0.05, 0) is 60.3 Å². The van der Waals surface area contributed by atoms with Gasteiger partial charge in [0.05, 0.1) is 17.6 Å². The lowest BCUT2D eigenvalue weighted by Gasteiger charge is -2.17. The van der Waals surface area contributed by atoms with Crippen molar-refractivity contribution in [1.29, 1.82) is 0 Å². The van der Waals surface area contributed by atoms with E-state index in [4.69, 9.17) is 9.98 Å². The minimum atomic E-state index is 0.136. The highest BCUT2D eigenvalue weighted by Crippen LogP contribution is 2.33. The molecule has 0 radical (unpaired) electrons. The smallest absolute Gasteiger partial charge is 0.202 e. The zero-order chi connectivity index (χ0) is 26.3. The molecule has 0 bridgehead atoms. The number of rotatable bonds is 6. The number of para-hydroxylation sites is 3. The van der Waals surface area contributed by atoms with Gasteiger partial charge in [0.2, 0.25) is 5.17 Å². The maximum absolute atomic E-state index is 10.5. The minimum Gasteiger partial charge on any atom is -0.507 e. The zero-order valence-electron chi connectivity index (χ0n) is 21.0. The Bertz CT molecular complexity index is 1520. The van der Waals surface area contributed by atoms with Gasteiger partial charge in [-0.3, -0.25) is 4.90 Å². The number of phenols is 1. The summed E-state index contributed by atoms with van der Waals surface area (Å²) < 4.78 is 0. The molecule has 0 amide bonds. The van der Waals surface area contributed by atoms with Crippen LogP contribution in [0.15, 0.2) is 129 Å². The Kier molecular flexibility index (Phi) is 7.61. The molecule has 0 saturated carbocycles. The van der Waals surface area contributed by atoms with Gasteiger partial charge in [-0.25, -0.2) is 9.98 Å². The molecule has 1 aliphatic rings. The monoisotopic (exact) mass is 518 g/mol. The van der Waals surface area contributed by atoms with Crippen LogP contribution in [0.4, 0.5) is 22.7 Å². The third kappa shape index (κ3) is 5.82. The lowest BCUT2D eigenvalue weighted by atomic mass is 10.2. The van der Waals surface area contributed by atoms with Crippen LogP contribution in [-0.2, 0) is 0 Å². The number of phenolic OH excluding ortho intramolecular Hbond substituents is 1. The number of thioether (sulfide) groups is 1. The van der Waals surface area contributed by atoms with Gasteiger partial charge in [0.25, 0.3) is 0 Å². The number of aliphatic imine (C=N–C) groups is 2. The van der Waals surface area contributed by atoms with E-state index in [0.717, 1.165) is 22.7 Å². The second-order valence-electron chi connectivity index (χ2n) is 8.56. The molecule has 38 heavy (non-hydrogen) atoms. The maximum atomic E-state index is 10.5. The van der Waals surface area contributed by atoms with Crippen molar-refractivity contribution in [3.05, 3.63) is 115 Å². The molecule has 8 heteroatoms. The van der Waals surface area contributed by atoms with Gasteiger partial charge in [-0.15, -0.1) is 5.10 Å². The molecule has 0 aliphatic carbocycles. The van der Waals surface area contributed by atoms with Crippen molar-refractivity contribution in [2.45, 2.75) is 0 Å². The second kappa shape index (κ2) is 11.6. The number of hydrogen-bond donors (Lipinski definition) is 1. The van der Waals surface area contributed by atoms with Crippen LogP contribution in [0.25, 0.3) is 0 Å². The number of hydrogen-bond acceptors (Lipinski definition) is 7. The normalized spacial score (nSPS) is 16.7. The van der Waals surface area contributed by atoms with Gasteiger partial charge < -0.3 is 10.0 Å². The van der Waals surface area contributed by atoms with E-state index in [-0.39, 0.29) is 5.75 Å². The molecule has 0 atom stereocenters. The van der Waals surface area contributed by atoms with Gasteiger partial charge >= 0.3 is 0 Å². The van der Waals surface area contributed by atoms with Crippen LogP contribution in [-0.4, -0.2) is 41.5 Å². The van der Waals surface area contributed by atoms with Crippen LogP contribution in [0.1, 0.15) is 5.56 Å². The highest BCUT2D eigenvalue weighted by molar-refractivity contribution is 8.29. The molecule has 0 aromatic heterocycles. The number of anilines is 2. The van der Waals surface area contributed by atoms with Gasteiger partial charge in [-0.1, -0.05) is 54.6 Å². The van der Waals surface area contributed by atoms with Crippen molar-refractivity contribution >= 4 is 56.8 Å². The van der Waals surface area contributed by atoms with E-state index < -0.39 is 0 Å². The summed E-state index contributed by atoms with van der Waals surface area (Å²) in [4.78, 5) is 13.7. The summed E-state index contributed by atoms with van der Waals surface area (Å²) in [6.45, 7) is 0. The Morgan fingerprint density at radius 2 is 1.37 bits per heavy atom. The minimum absolute atomic E-state index is 0.136. The van der Waals surface area contributed by atoms with E-state index in [1.54, 1.807) is 12.3 Å². The zero-order valence-corrected chi connectivity index (χ0v) is 21.8. The lowest BCUT2D eigenvalue weighted by molar-refractivity contribution is 0.474. The van der Waals surface area contributed by atoms with Crippen molar-refractivity contribution < 1.29 is 5.11 Å². The average molecular weight is 519 g/mol. The number of amidine groups is 2. The molecule has 1 fully saturated rings. The first-order valence-electron chi connectivity index (χ1n) is 12.0. The molecular formula is C30H26N6OS. The molecule has 188 valence electrons. The topological polar surface area (TPSA) is 76.2 Å². The van der Waals surface area contributed by atoms with Gasteiger partial charge in [0.15, 0.2) is 5.84 Å². The molecule has 1 N–H and O–H groups in total. The summed E-state index contributed by atoms with van der Waals surface area (Å²) in [5.74, 6) is 0.792. The summed E-state index contributed by atoms with van der Waals surface area (Å²) in [7, 11) is 3.85. The molecule has 4 aromatic carbocycles. The van der Waals surface area contributed by atoms with Crippen LogP contribution in [0.2, 0.25) is 0 Å².